The van der Waals surface area contributed by atoms with E-state index in [1.807, 2.05) is 62.4 Å². The molecular formula is C17H20ClN3. The Labute approximate surface area is 130 Å². The van der Waals surface area contributed by atoms with Crippen LogP contribution in [0.4, 0.5) is 0 Å². The second-order valence-electron chi connectivity index (χ2n) is 3.73. The van der Waals surface area contributed by atoms with Gasteiger partial charge in [-0.05, 0) is 30.8 Å². The van der Waals surface area contributed by atoms with Crippen molar-refractivity contribution in [3.05, 3.63) is 59.9 Å². The molecule has 0 aliphatic heterocycles. The summed E-state index contributed by atoms with van der Waals surface area (Å²) in [7, 11) is 1.50. The number of hydrogen-bond acceptors (Lipinski definition) is 3. The summed E-state index contributed by atoms with van der Waals surface area (Å²) in [6, 6.07) is 15.7. The highest BCUT2D eigenvalue weighted by Gasteiger charge is 2.06. The van der Waals surface area contributed by atoms with Gasteiger partial charge in [-0.25, -0.2) is 4.98 Å². The number of aromatic nitrogens is 2. The molecule has 0 spiro atoms. The van der Waals surface area contributed by atoms with E-state index in [0.717, 1.165) is 22.2 Å². The number of pyridine rings is 2. The van der Waals surface area contributed by atoms with Gasteiger partial charge in [-0.1, -0.05) is 55.8 Å². The molecule has 0 unspecified atom stereocenters. The monoisotopic (exact) mass is 301 g/mol. The molecule has 0 aliphatic carbocycles. The van der Waals surface area contributed by atoms with Crippen molar-refractivity contribution in [2.75, 3.05) is 7.05 Å². The van der Waals surface area contributed by atoms with E-state index in [1.165, 1.54) is 7.05 Å². The van der Waals surface area contributed by atoms with Gasteiger partial charge in [-0.3, -0.25) is 4.98 Å². The molecule has 0 radical (unpaired) electrons. The Morgan fingerprint density at radius 1 is 0.905 bits per heavy atom. The number of rotatable bonds is 1. The largest absolute Gasteiger partial charge is 0.333 e. The van der Waals surface area contributed by atoms with Crippen molar-refractivity contribution in [3.8, 4) is 11.1 Å². The fraction of sp³-hybridized carbons (Fsp3) is 0.176. The molecule has 2 aromatic heterocycles. The van der Waals surface area contributed by atoms with Crippen LogP contribution in [0.1, 0.15) is 13.8 Å². The third kappa shape index (κ3) is 4.25. The normalized spacial score (nSPS) is 9.19. The van der Waals surface area contributed by atoms with E-state index in [2.05, 4.69) is 15.7 Å². The highest BCUT2D eigenvalue weighted by Crippen LogP contribution is 2.28. The zero-order valence-corrected chi connectivity index (χ0v) is 13.3. The van der Waals surface area contributed by atoms with Gasteiger partial charge < -0.3 is 5.73 Å². The fourth-order valence-electron chi connectivity index (χ4n) is 1.80. The zero-order valence-electron chi connectivity index (χ0n) is 12.5. The zero-order chi connectivity index (χ0) is 15.7. The van der Waals surface area contributed by atoms with Crippen LogP contribution in [0.2, 0.25) is 5.15 Å². The first-order valence-corrected chi connectivity index (χ1v) is 7.27. The second-order valence-corrected chi connectivity index (χ2v) is 4.09. The van der Waals surface area contributed by atoms with Crippen LogP contribution in [0.5, 0.6) is 0 Å². The molecule has 3 aromatic rings. The molecular weight excluding hydrogens is 282 g/mol. The lowest BCUT2D eigenvalue weighted by Gasteiger charge is -2.05. The smallest absolute Gasteiger partial charge is 0.137 e. The van der Waals surface area contributed by atoms with Crippen molar-refractivity contribution < 1.29 is 0 Å². The lowest BCUT2D eigenvalue weighted by Crippen LogP contribution is -1.87. The van der Waals surface area contributed by atoms with Crippen molar-refractivity contribution >= 4 is 22.6 Å². The average Bonchev–Trinajstić information content (AvgIpc) is 2.58. The number of hydrogen-bond donors (Lipinski definition) is 1. The summed E-state index contributed by atoms with van der Waals surface area (Å²) in [5.74, 6) is 0. The van der Waals surface area contributed by atoms with Gasteiger partial charge in [0.05, 0.1) is 11.0 Å². The number of nitrogens with two attached hydrogens (primary N) is 1. The van der Waals surface area contributed by atoms with Crippen LogP contribution >= 0.6 is 11.6 Å². The van der Waals surface area contributed by atoms with Gasteiger partial charge in [-0.15, -0.1) is 0 Å². The Morgan fingerprint density at radius 2 is 1.57 bits per heavy atom. The van der Waals surface area contributed by atoms with Gasteiger partial charge in [0.1, 0.15) is 5.15 Å². The Bertz CT molecular complexity index is 669. The van der Waals surface area contributed by atoms with E-state index in [4.69, 9.17) is 11.6 Å². The first-order valence-electron chi connectivity index (χ1n) is 6.89. The van der Waals surface area contributed by atoms with Crippen molar-refractivity contribution in [2.24, 2.45) is 5.73 Å². The molecule has 3 rings (SSSR count). The van der Waals surface area contributed by atoms with Crippen LogP contribution in [0.3, 0.4) is 0 Å². The summed E-state index contributed by atoms with van der Waals surface area (Å²) in [6.45, 7) is 4.00. The fourth-order valence-corrected chi connectivity index (χ4v) is 2.05. The summed E-state index contributed by atoms with van der Waals surface area (Å²) in [5.41, 5.74) is 8.14. The van der Waals surface area contributed by atoms with E-state index in [-0.39, 0.29) is 0 Å². The first kappa shape index (κ1) is 17.1. The first-order chi connectivity index (χ1) is 10.3. The predicted molar refractivity (Wildman–Crippen MR) is 91.4 cm³/mol. The Kier molecular flexibility index (Phi) is 7.37. The maximum absolute atomic E-state index is 6.20. The standard InChI is InChI=1S/C14H9ClN2.C2H6.CH5N/c15-14-11(10-5-2-1-3-6-10)9-13-12(17-14)7-4-8-16-13;2*1-2/h1-9H;1-2H3;2H2,1H3. The summed E-state index contributed by atoms with van der Waals surface area (Å²) in [4.78, 5) is 8.64. The van der Waals surface area contributed by atoms with Crippen LogP contribution in [-0.2, 0) is 0 Å². The van der Waals surface area contributed by atoms with Crippen LogP contribution in [0.25, 0.3) is 22.2 Å². The molecule has 0 fully saturated rings. The molecule has 110 valence electrons. The van der Waals surface area contributed by atoms with Gasteiger partial charge >= 0.3 is 0 Å². The molecule has 0 amide bonds. The van der Waals surface area contributed by atoms with E-state index in [0.29, 0.717) is 5.15 Å². The summed E-state index contributed by atoms with van der Waals surface area (Å²) >= 11 is 6.20. The molecule has 0 bridgehead atoms. The third-order valence-corrected chi connectivity index (χ3v) is 2.91. The molecule has 0 atom stereocenters. The van der Waals surface area contributed by atoms with Gasteiger partial charge in [-0.2, -0.15) is 0 Å². The van der Waals surface area contributed by atoms with Crippen LogP contribution in [0, 0.1) is 0 Å². The summed E-state index contributed by atoms with van der Waals surface area (Å²) in [6.07, 6.45) is 1.76. The quantitative estimate of drug-likeness (QED) is 0.671. The number of nitrogens with zero attached hydrogens (tertiary/aromatic N) is 2. The molecule has 0 saturated heterocycles. The SMILES string of the molecule is CC.CN.Clc1nc2cccnc2cc1-c1ccccc1. The third-order valence-electron chi connectivity index (χ3n) is 2.62. The Hall–Kier alpha value is -1.97. The summed E-state index contributed by atoms with van der Waals surface area (Å²) in [5, 5.41) is 0.511. The highest BCUT2D eigenvalue weighted by molar-refractivity contribution is 6.32. The maximum atomic E-state index is 6.20. The predicted octanol–water partition coefficient (Wildman–Crippen LogP) is 4.55. The van der Waals surface area contributed by atoms with E-state index < -0.39 is 0 Å². The van der Waals surface area contributed by atoms with Gasteiger partial charge in [0.2, 0.25) is 0 Å². The average molecular weight is 302 g/mol. The maximum Gasteiger partial charge on any atom is 0.137 e. The molecule has 3 nitrogen and oxygen atoms in total. The van der Waals surface area contributed by atoms with Crippen molar-refractivity contribution in [1.29, 1.82) is 0 Å². The minimum Gasteiger partial charge on any atom is -0.333 e. The van der Waals surface area contributed by atoms with Crippen LogP contribution in [0.15, 0.2) is 54.7 Å². The Morgan fingerprint density at radius 3 is 2.24 bits per heavy atom. The van der Waals surface area contributed by atoms with E-state index >= 15 is 0 Å². The van der Waals surface area contributed by atoms with E-state index in [1.54, 1.807) is 6.20 Å². The molecule has 2 N–H and O–H groups in total. The van der Waals surface area contributed by atoms with Gasteiger partial charge in [0, 0.05) is 11.8 Å². The Balaban J connectivity index is 0.000000510. The van der Waals surface area contributed by atoms with Crippen molar-refractivity contribution in [3.63, 3.8) is 0 Å². The molecule has 2 heterocycles. The van der Waals surface area contributed by atoms with E-state index in [9.17, 15) is 0 Å². The molecule has 21 heavy (non-hydrogen) atoms. The number of halogens is 1. The second kappa shape index (κ2) is 9.06. The topological polar surface area (TPSA) is 51.8 Å². The molecule has 0 aliphatic rings. The van der Waals surface area contributed by atoms with Crippen molar-refractivity contribution in [2.45, 2.75) is 13.8 Å². The van der Waals surface area contributed by atoms with Crippen LogP contribution < -0.4 is 5.73 Å². The lowest BCUT2D eigenvalue weighted by molar-refractivity contribution is 1.34. The molecule has 1 aromatic carbocycles. The highest BCUT2D eigenvalue weighted by atomic mass is 35.5. The van der Waals surface area contributed by atoms with Crippen LogP contribution in [-0.4, -0.2) is 17.0 Å². The number of fused-ring (bicyclic) bond motifs is 1. The lowest BCUT2D eigenvalue weighted by atomic mass is 10.1. The summed E-state index contributed by atoms with van der Waals surface area (Å²) < 4.78 is 0. The molecule has 4 heteroatoms. The van der Waals surface area contributed by atoms with Gasteiger partial charge in [0.15, 0.2) is 0 Å². The van der Waals surface area contributed by atoms with Gasteiger partial charge in [0.25, 0.3) is 0 Å². The molecule has 0 saturated carbocycles. The minimum atomic E-state index is 0.511. The van der Waals surface area contributed by atoms with Crippen molar-refractivity contribution in [1.82, 2.24) is 9.97 Å². The minimum absolute atomic E-state index is 0.511. The number of benzene rings is 1.